The second-order valence-electron chi connectivity index (χ2n) is 7.76. The quantitative estimate of drug-likeness (QED) is 0.629. The fraction of sp³-hybridized carbons (Fsp3) is 0.250. The first-order valence-corrected chi connectivity index (χ1v) is 10.2. The maximum Gasteiger partial charge on any atom is 0.251 e. The molecule has 2 amide bonds. The molecule has 3 aromatic carbocycles. The molecule has 0 N–H and O–H groups in total. The lowest BCUT2D eigenvalue weighted by Crippen LogP contribution is -2.52. The number of amides is 2. The molecule has 3 aromatic rings. The number of piperazine rings is 1. The standard InChI is InChI=1S/C24H22FN3O2/c25-19-9-3-4-10-21(19)26-12-14-27(15-13-26)22-16-23(29)28(24(22)30)20-11-5-7-17-6-1-2-8-18(17)20/h1-11,22H,12-16H2/t22-/m0/s1. The average Bonchev–Trinajstić information content (AvgIpc) is 3.07. The minimum atomic E-state index is -0.459. The summed E-state index contributed by atoms with van der Waals surface area (Å²) < 4.78 is 14.1. The van der Waals surface area contributed by atoms with Crippen LogP contribution >= 0.6 is 0 Å². The molecule has 152 valence electrons. The summed E-state index contributed by atoms with van der Waals surface area (Å²) in [7, 11) is 0. The third kappa shape index (κ3) is 3.13. The molecule has 5 nitrogen and oxygen atoms in total. The summed E-state index contributed by atoms with van der Waals surface area (Å²) in [5, 5.41) is 1.89. The van der Waals surface area contributed by atoms with Crippen molar-refractivity contribution in [2.45, 2.75) is 12.5 Å². The number of benzene rings is 3. The summed E-state index contributed by atoms with van der Waals surface area (Å²) in [4.78, 5) is 31.5. The van der Waals surface area contributed by atoms with Gasteiger partial charge in [-0.25, -0.2) is 9.29 Å². The van der Waals surface area contributed by atoms with Crippen molar-refractivity contribution in [3.8, 4) is 0 Å². The highest BCUT2D eigenvalue weighted by Gasteiger charge is 2.43. The van der Waals surface area contributed by atoms with Crippen molar-refractivity contribution >= 4 is 34.0 Å². The number of fused-ring (bicyclic) bond motifs is 1. The van der Waals surface area contributed by atoms with Gasteiger partial charge in [0.1, 0.15) is 5.82 Å². The molecular weight excluding hydrogens is 381 g/mol. The van der Waals surface area contributed by atoms with E-state index in [0.717, 1.165) is 10.8 Å². The zero-order valence-electron chi connectivity index (χ0n) is 16.5. The zero-order chi connectivity index (χ0) is 20.7. The van der Waals surface area contributed by atoms with Crippen molar-refractivity contribution in [3.05, 3.63) is 72.5 Å². The summed E-state index contributed by atoms with van der Waals surface area (Å²) >= 11 is 0. The topological polar surface area (TPSA) is 43.9 Å². The number of carbonyl (C=O) groups is 2. The lowest BCUT2D eigenvalue weighted by molar-refractivity contribution is -0.123. The largest absolute Gasteiger partial charge is 0.367 e. The van der Waals surface area contributed by atoms with E-state index in [4.69, 9.17) is 0 Å². The molecule has 6 heteroatoms. The normalized spacial score (nSPS) is 20.4. The Bertz CT molecular complexity index is 1120. The van der Waals surface area contributed by atoms with Crippen molar-refractivity contribution in [3.63, 3.8) is 0 Å². The molecule has 0 aromatic heterocycles. The van der Waals surface area contributed by atoms with Crippen LogP contribution in [0.3, 0.4) is 0 Å². The van der Waals surface area contributed by atoms with Crippen molar-refractivity contribution in [1.29, 1.82) is 0 Å². The molecule has 0 bridgehead atoms. The van der Waals surface area contributed by atoms with Gasteiger partial charge in [-0.05, 0) is 23.6 Å². The third-order valence-corrected chi connectivity index (χ3v) is 6.08. The smallest absolute Gasteiger partial charge is 0.251 e. The van der Waals surface area contributed by atoms with E-state index in [9.17, 15) is 14.0 Å². The molecule has 1 atom stereocenters. The highest BCUT2D eigenvalue weighted by molar-refractivity contribution is 6.25. The first-order valence-electron chi connectivity index (χ1n) is 10.2. The Morgan fingerprint density at radius 1 is 0.767 bits per heavy atom. The number of halogens is 1. The SMILES string of the molecule is O=C1C[C@H](N2CCN(c3ccccc3F)CC2)C(=O)N1c1cccc2ccccc12. The van der Waals surface area contributed by atoms with Gasteiger partial charge in [-0.3, -0.25) is 14.5 Å². The Hall–Kier alpha value is -3.25. The van der Waals surface area contributed by atoms with Gasteiger partial charge in [-0.1, -0.05) is 48.5 Å². The highest BCUT2D eigenvalue weighted by Crippen LogP contribution is 2.32. The average molecular weight is 403 g/mol. The first-order chi connectivity index (χ1) is 14.6. The molecule has 0 radical (unpaired) electrons. The Morgan fingerprint density at radius 3 is 2.23 bits per heavy atom. The number of anilines is 2. The van der Waals surface area contributed by atoms with Crippen LogP contribution in [0.4, 0.5) is 15.8 Å². The molecule has 2 heterocycles. The van der Waals surface area contributed by atoms with Crippen LogP contribution in [0.25, 0.3) is 10.8 Å². The van der Waals surface area contributed by atoms with Crippen molar-refractivity contribution in [2.75, 3.05) is 36.0 Å². The Morgan fingerprint density at radius 2 is 1.43 bits per heavy atom. The van der Waals surface area contributed by atoms with Crippen molar-refractivity contribution in [1.82, 2.24) is 4.90 Å². The molecule has 0 spiro atoms. The summed E-state index contributed by atoms with van der Waals surface area (Å²) in [6.45, 7) is 2.46. The molecule has 0 aliphatic carbocycles. The molecule has 2 aliphatic heterocycles. The summed E-state index contributed by atoms with van der Waals surface area (Å²) in [6.07, 6.45) is 0.182. The number of nitrogens with zero attached hydrogens (tertiary/aromatic N) is 3. The van der Waals surface area contributed by atoms with E-state index in [-0.39, 0.29) is 24.1 Å². The predicted octanol–water partition coefficient (Wildman–Crippen LogP) is 3.43. The van der Waals surface area contributed by atoms with Crippen LogP contribution in [0.1, 0.15) is 6.42 Å². The Balaban J connectivity index is 1.35. The minimum absolute atomic E-state index is 0.169. The first kappa shape index (κ1) is 18.8. The van der Waals surface area contributed by atoms with Crippen LogP contribution in [-0.2, 0) is 9.59 Å². The fourth-order valence-electron chi connectivity index (χ4n) is 4.54. The molecular formula is C24H22FN3O2. The van der Waals surface area contributed by atoms with Gasteiger partial charge in [0.05, 0.1) is 23.8 Å². The van der Waals surface area contributed by atoms with Gasteiger partial charge in [0.15, 0.2) is 0 Å². The molecule has 2 aliphatic rings. The maximum absolute atomic E-state index is 14.1. The van der Waals surface area contributed by atoms with E-state index in [1.54, 1.807) is 12.1 Å². The van der Waals surface area contributed by atoms with Gasteiger partial charge in [0.2, 0.25) is 5.91 Å². The monoisotopic (exact) mass is 403 g/mol. The van der Waals surface area contributed by atoms with Crippen LogP contribution in [0.15, 0.2) is 66.7 Å². The number of rotatable bonds is 3. The van der Waals surface area contributed by atoms with Gasteiger partial charge < -0.3 is 4.90 Å². The van der Waals surface area contributed by atoms with E-state index in [1.165, 1.54) is 11.0 Å². The van der Waals surface area contributed by atoms with Crippen molar-refractivity contribution in [2.24, 2.45) is 0 Å². The predicted molar refractivity (Wildman–Crippen MR) is 115 cm³/mol. The summed E-state index contributed by atoms with van der Waals surface area (Å²) in [5.74, 6) is -0.575. The molecule has 0 unspecified atom stereocenters. The van der Waals surface area contributed by atoms with Gasteiger partial charge in [0.25, 0.3) is 5.91 Å². The fourth-order valence-corrected chi connectivity index (χ4v) is 4.54. The lowest BCUT2D eigenvalue weighted by Gasteiger charge is -2.38. The van der Waals surface area contributed by atoms with Crippen LogP contribution in [0.2, 0.25) is 0 Å². The van der Waals surface area contributed by atoms with Crippen LogP contribution < -0.4 is 9.80 Å². The van der Waals surface area contributed by atoms with E-state index in [0.29, 0.717) is 37.6 Å². The molecule has 30 heavy (non-hydrogen) atoms. The van der Waals surface area contributed by atoms with Crippen molar-refractivity contribution < 1.29 is 14.0 Å². The van der Waals surface area contributed by atoms with Crippen LogP contribution in [0.5, 0.6) is 0 Å². The molecule has 2 fully saturated rings. The maximum atomic E-state index is 14.1. The second kappa shape index (κ2) is 7.54. The second-order valence-corrected chi connectivity index (χ2v) is 7.76. The molecule has 5 rings (SSSR count). The Kier molecular flexibility index (Phi) is 4.71. The van der Waals surface area contributed by atoms with E-state index < -0.39 is 6.04 Å². The lowest BCUT2D eigenvalue weighted by atomic mass is 10.1. The van der Waals surface area contributed by atoms with E-state index >= 15 is 0 Å². The summed E-state index contributed by atoms with van der Waals surface area (Å²) in [5.41, 5.74) is 1.24. The number of hydrogen-bond acceptors (Lipinski definition) is 4. The third-order valence-electron chi connectivity index (χ3n) is 6.08. The van der Waals surface area contributed by atoms with Gasteiger partial charge in [-0.15, -0.1) is 0 Å². The number of carbonyl (C=O) groups excluding carboxylic acids is 2. The highest BCUT2D eigenvalue weighted by atomic mass is 19.1. The Labute approximate surface area is 174 Å². The van der Waals surface area contributed by atoms with Gasteiger partial charge in [-0.2, -0.15) is 0 Å². The number of imide groups is 1. The number of hydrogen-bond donors (Lipinski definition) is 0. The van der Waals surface area contributed by atoms with Gasteiger partial charge >= 0.3 is 0 Å². The van der Waals surface area contributed by atoms with Crippen LogP contribution in [0, 0.1) is 5.82 Å². The molecule has 0 saturated carbocycles. The summed E-state index contributed by atoms with van der Waals surface area (Å²) in [6, 6.07) is 19.7. The zero-order valence-corrected chi connectivity index (χ0v) is 16.5. The minimum Gasteiger partial charge on any atom is -0.367 e. The van der Waals surface area contributed by atoms with E-state index in [2.05, 4.69) is 4.90 Å². The van der Waals surface area contributed by atoms with Crippen LogP contribution in [-0.4, -0.2) is 48.9 Å². The molecule has 2 saturated heterocycles. The van der Waals surface area contributed by atoms with Gasteiger partial charge in [0, 0.05) is 31.6 Å². The number of para-hydroxylation sites is 1. The van der Waals surface area contributed by atoms with E-state index in [1.807, 2.05) is 53.4 Å².